The molecule has 0 saturated carbocycles. The topological polar surface area (TPSA) is 53.2 Å². The number of H-pyrrole nitrogens is 1. The molecule has 0 bridgehead atoms. The molecule has 1 aliphatic heterocycles. The Kier molecular flexibility index (Phi) is 3.52. The molecule has 2 unspecified atom stereocenters. The van der Waals surface area contributed by atoms with Gasteiger partial charge in [0, 0.05) is 23.6 Å². The number of aryl methyl sites for hydroxylation is 1. The van der Waals surface area contributed by atoms with Gasteiger partial charge < -0.3 is 4.98 Å². The molecule has 0 spiro atoms. The van der Waals surface area contributed by atoms with Crippen molar-refractivity contribution in [3.05, 3.63) is 48.2 Å². The Balaban J connectivity index is 1.42. The highest BCUT2D eigenvalue weighted by Gasteiger charge is 2.46. The Morgan fingerprint density at radius 3 is 2.48 bits per heavy atom. The number of carbonyl (C=O) groups excluding carboxylic acids is 2. The zero-order valence-corrected chi connectivity index (χ0v) is 13.0. The number of rotatable bonds is 4. The highest BCUT2D eigenvalue weighted by molar-refractivity contribution is 6.05. The molecule has 1 fully saturated rings. The van der Waals surface area contributed by atoms with Crippen molar-refractivity contribution >= 4 is 22.7 Å². The van der Waals surface area contributed by atoms with Gasteiger partial charge >= 0.3 is 0 Å². The van der Waals surface area contributed by atoms with E-state index in [0.29, 0.717) is 19.4 Å². The largest absolute Gasteiger partial charge is 0.361 e. The van der Waals surface area contributed by atoms with Crippen LogP contribution < -0.4 is 0 Å². The van der Waals surface area contributed by atoms with Crippen LogP contribution in [0.1, 0.15) is 24.8 Å². The Morgan fingerprint density at radius 1 is 1.04 bits per heavy atom. The van der Waals surface area contributed by atoms with E-state index in [-0.39, 0.29) is 23.7 Å². The summed E-state index contributed by atoms with van der Waals surface area (Å²) in [5.41, 5.74) is 2.38. The number of fused-ring (bicyclic) bond motifs is 2. The SMILES string of the molecule is O=C1C2CC=CCC2C(=O)N1CCCc1c[nH]c2ccccc12. The van der Waals surface area contributed by atoms with E-state index in [1.165, 1.54) is 15.8 Å². The van der Waals surface area contributed by atoms with Gasteiger partial charge in [-0.15, -0.1) is 0 Å². The van der Waals surface area contributed by atoms with Crippen molar-refractivity contribution in [2.75, 3.05) is 6.54 Å². The predicted octanol–water partition coefficient (Wildman–Crippen LogP) is 3.05. The fraction of sp³-hybridized carbons (Fsp3) is 0.368. The maximum absolute atomic E-state index is 12.4. The number of nitrogens with zero attached hydrogens (tertiary/aromatic N) is 1. The van der Waals surface area contributed by atoms with E-state index in [1.54, 1.807) is 0 Å². The molecule has 2 heterocycles. The van der Waals surface area contributed by atoms with Crippen molar-refractivity contribution in [2.45, 2.75) is 25.7 Å². The Hall–Kier alpha value is -2.36. The van der Waals surface area contributed by atoms with Gasteiger partial charge in [0.15, 0.2) is 0 Å². The monoisotopic (exact) mass is 308 g/mol. The number of benzene rings is 1. The van der Waals surface area contributed by atoms with Crippen LogP contribution in [0.2, 0.25) is 0 Å². The lowest BCUT2D eigenvalue weighted by Gasteiger charge is -2.14. The number of hydrogen-bond acceptors (Lipinski definition) is 2. The zero-order valence-electron chi connectivity index (χ0n) is 13.0. The average molecular weight is 308 g/mol. The fourth-order valence-corrected chi connectivity index (χ4v) is 3.86. The molecule has 4 rings (SSSR count). The minimum atomic E-state index is -0.111. The maximum Gasteiger partial charge on any atom is 0.233 e. The summed E-state index contributed by atoms with van der Waals surface area (Å²) in [5, 5.41) is 1.23. The summed E-state index contributed by atoms with van der Waals surface area (Å²) >= 11 is 0. The van der Waals surface area contributed by atoms with E-state index in [4.69, 9.17) is 0 Å². The first-order valence-electron chi connectivity index (χ1n) is 8.31. The van der Waals surface area contributed by atoms with Gasteiger partial charge in [0.1, 0.15) is 0 Å². The molecule has 1 N–H and O–H groups in total. The molecule has 2 aliphatic rings. The van der Waals surface area contributed by atoms with Crippen LogP contribution in [0.4, 0.5) is 0 Å². The van der Waals surface area contributed by atoms with E-state index in [1.807, 2.05) is 30.5 Å². The Labute approximate surface area is 135 Å². The summed E-state index contributed by atoms with van der Waals surface area (Å²) in [7, 11) is 0. The first-order chi connectivity index (χ1) is 11.3. The van der Waals surface area contributed by atoms with E-state index in [0.717, 1.165) is 18.4 Å². The first kappa shape index (κ1) is 14.2. The summed E-state index contributed by atoms with van der Waals surface area (Å²) in [6.45, 7) is 0.532. The summed E-state index contributed by atoms with van der Waals surface area (Å²) in [5.74, 6) is -0.160. The third kappa shape index (κ3) is 2.38. The number of aromatic amines is 1. The van der Waals surface area contributed by atoms with Crippen molar-refractivity contribution in [1.82, 2.24) is 9.88 Å². The maximum atomic E-state index is 12.4. The summed E-state index contributed by atoms with van der Waals surface area (Å²) in [6.07, 6.45) is 9.20. The van der Waals surface area contributed by atoms with Gasteiger partial charge in [-0.05, 0) is 37.3 Å². The number of aromatic nitrogens is 1. The normalized spacial score (nSPS) is 23.7. The summed E-state index contributed by atoms with van der Waals surface area (Å²) < 4.78 is 0. The van der Waals surface area contributed by atoms with Crippen LogP contribution in [0.3, 0.4) is 0 Å². The summed E-state index contributed by atoms with van der Waals surface area (Å²) in [6, 6.07) is 8.21. The number of likely N-dealkylation sites (tertiary alicyclic amines) is 1. The van der Waals surface area contributed by atoms with Crippen molar-refractivity contribution in [2.24, 2.45) is 11.8 Å². The first-order valence-corrected chi connectivity index (χ1v) is 8.31. The standard InChI is InChI=1S/C19H20N2O2/c22-18-15-8-1-2-9-16(15)19(23)21(18)11-5-6-13-12-20-17-10-4-3-7-14(13)17/h1-4,7,10,12,15-16,20H,5-6,8-9,11H2. The van der Waals surface area contributed by atoms with Gasteiger partial charge in [0.25, 0.3) is 0 Å². The van der Waals surface area contributed by atoms with Crippen LogP contribution >= 0.6 is 0 Å². The van der Waals surface area contributed by atoms with Gasteiger partial charge in [-0.2, -0.15) is 0 Å². The predicted molar refractivity (Wildman–Crippen MR) is 88.7 cm³/mol. The molecule has 1 aromatic heterocycles. The number of allylic oxidation sites excluding steroid dienone is 2. The van der Waals surface area contributed by atoms with Gasteiger partial charge in [0.2, 0.25) is 11.8 Å². The molecular formula is C19H20N2O2. The van der Waals surface area contributed by atoms with Gasteiger partial charge in [-0.25, -0.2) is 0 Å². The third-order valence-corrected chi connectivity index (χ3v) is 5.10. The van der Waals surface area contributed by atoms with Crippen molar-refractivity contribution in [3.8, 4) is 0 Å². The smallest absolute Gasteiger partial charge is 0.233 e. The van der Waals surface area contributed by atoms with Gasteiger partial charge in [0.05, 0.1) is 11.8 Å². The van der Waals surface area contributed by atoms with Crippen molar-refractivity contribution in [3.63, 3.8) is 0 Å². The quantitative estimate of drug-likeness (QED) is 0.697. The Bertz CT molecular complexity index is 764. The molecule has 1 saturated heterocycles. The van der Waals surface area contributed by atoms with E-state index >= 15 is 0 Å². The molecule has 23 heavy (non-hydrogen) atoms. The number of hydrogen-bond donors (Lipinski definition) is 1. The van der Waals surface area contributed by atoms with E-state index in [9.17, 15) is 9.59 Å². The fourth-order valence-electron chi connectivity index (χ4n) is 3.86. The number of nitrogens with one attached hydrogen (secondary N) is 1. The van der Waals surface area contributed by atoms with Crippen LogP contribution in [0.25, 0.3) is 10.9 Å². The van der Waals surface area contributed by atoms with Crippen LogP contribution in [-0.4, -0.2) is 28.2 Å². The van der Waals surface area contributed by atoms with Crippen LogP contribution in [0, 0.1) is 11.8 Å². The van der Waals surface area contributed by atoms with E-state index in [2.05, 4.69) is 17.1 Å². The minimum Gasteiger partial charge on any atom is -0.361 e. The number of imide groups is 1. The zero-order chi connectivity index (χ0) is 15.8. The lowest BCUT2D eigenvalue weighted by Crippen LogP contribution is -2.32. The Morgan fingerprint density at radius 2 is 1.74 bits per heavy atom. The molecule has 1 aliphatic carbocycles. The number of amides is 2. The lowest BCUT2D eigenvalue weighted by atomic mass is 9.85. The molecule has 2 amide bonds. The van der Waals surface area contributed by atoms with Crippen LogP contribution in [0.5, 0.6) is 0 Å². The molecule has 0 radical (unpaired) electrons. The molecule has 4 heteroatoms. The van der Waals surface area contributed by atoms with Crippen molar-refractivity contribution in [1.29, 1.82) is 0 Å². The summed E-state index contributed by atoms with van der Waals surface area (Å²) in [4.78, 5) is 29.6. The lowest BCUT2D eigenvalue weighted by molar-refractivity contribution is -0.139. The minimum absolute atomic E-state index is 0.0308. The second-order valence-corrected chi connectivity index (χ2v) is 6.45. The highest BCUT2D eigenvalue weighted by Crippen LogP contribution is 2.35. The van der Waals surface area contributed by atoms with Gasteiger partial charge in [-0.3, -0.25) is 14.5 Å². The third-order valence-electron chi connectivity index (χ3n) is 5.10. The molecule has 2 atom stereocenters. The highest BCUT2D eigenvalue weighted by atomic mass is 16.2. The molecular weight excluding hydrogens is 288 g/mol. The second-order valence-electron chi connectivity index (χ2n) is 6.45. The molecule has 118 valence electrons. The van der Waals surface area contributed by atoms with Crippen LogP contribution in [-0.2, 0) is 16.0 Å². The number of carbonyl (C=O) groups is 2. The van der Waals surface area contributed by atoms with E-state index < -0.39 is 0 Å². The second kappa shape index (κ2) is 5.69. The molecule has 4 nitrogen and oxygen atoms in total. The average Bonchev–Trinajstić information content (AvgIpc) is 3.10. The van der Waals surface area contributed by atoms with Gasteiger partial charge in [-0.1, -0.05) is 30.4 Å². The van der Waals surface area contributed by atoms with Crippen LogP contribution in [0.15, 0.2) is 42.6 Å². The van der Waals surface area contributed by atoms with Crippen molar-refractivity contribution < 1.29 is 9.59 Å². The molecule has 1 aromatic carbocycles. The number of para-hydroxylation sites is 1. The molecule has 2 aromatic rings.